The number of ether oxygens (including phenoxy) is 14. The highest BCUT2D eigenvalue weighted by molar-refractivity contribution is 5.21. The molecule has 5 aliphatic rings. The van der Waals surface area contributed by atoms with Crippen LogP contribution in [0.15, 0.2) is 182 Å². The van der Waals surface area contributed by atoms with Crippen molar-refractivity contribution in [1.82, 2.24) is 0 Å². The average molecular weight is 1120 g/mol. The predicted octanol–water partition coefficient (Wildman–Crippen LogP) is 10.3. The molecular weight excluding hydrogens is 1040 g/mol. The molecule has 17 atom stereocenters. The zero-order valence-corrected chi connectivity index (χ0v) is 47.2. The van der Waals surface area contributed by atoms with Crippen molar-refractivity contribution in [2.75, 3.05) is 33.0 Å². The summed E-state index contributed by atoms with van der Waals surface area (Å²) in [6.45, 7) is 10.2. The van der Waals surface area contributed by atoms with Crippen LogP contribution in [0.2, 0.25) is 0 Å². The van der Waals surface area contributed by atoms with Crippen LogP contribution >= 0.6 is 0 Å². The van der Waals surface area contributed by atoms with E-state index >= 15 is 0 Å². The van der Waals surface area contributed by atoms with Gasteiger partial charge in [-0.05, 0) is 34.7 Å². The van der Waals surface area contributed by atoms with Crippen LogP contribution < -0.4 is 0 Å². The van der Waals surface area contributed by atoms with E-state index in [1.165, 1.54) is 0 Å². The lowest BCUT2D eigenvalue weighted by atomic mass is 9.89. The molecule has 6 aromatic rings. The van der Waals surface area contributed by atoms with Gasteiger partial charge in [-0.2, -0.15) is 0 Å². The SMILES string of the molecule is CC1O[C@@H](O)[C@@H](C)C(O[C@@H]2OC(COCc3ccccc3)[C@@H](OCc3ccccc3)C(OCc3ccccc3)[C@H]2C)[C@H]1O[C@@H]1OC[C@@H](C)C(OC23COC[C@]2(COCc2ccccc2)O[C@@H](c2ccccc2)O3)[C@H]1OCc1ccccc1. The minimum atomic E-state index is -1.44. The standard InChI is InChI=1S/C67H78O15/c1-45-35-75-65(61(74-40-53-31-19-9-20-32-53)56(45)80-67-44-71-43-66(67,42-70-37-50-25-13-6-14-26-50)81-64(82-67)54-33-21-10-22-34-54)79-59-48(4)76-62(68)46(2)58(59)78-63-47(3)57(72-38-51-27-15-7-16-28-51)60(73-39-52-29-17-8-18-30-52)55(77-63)41-69-36-49-23-11-5-12-24-49/h5-34,45-48,55-65,68H,35-44H2,1-4H3/t45-,46+,47-,48?,55?,56?,57?,58?,59+,60-,61-,62-,63+,64-,65+,66+,67?/m1/s1. The van der Waals surface area contributed by atoms with Crippen LogP contribution in [0.1, 0.15) is 67.4 Å². The van der Waals surface area contributed by atoms with Crippen LogP contribution in [-0.2, 0) is 99.4 Å². The highest BCUT2D eigenvalue weighted by Gasteiger charge is 2.69. The maximum Gasteiger partial charge on any atom is 0.229 e. The highest BCUT2D eigenvalue weighted by Crippen LogP contribution is 2.52. The number of rotatable bonds is 24. The zero-order chi connectivity index (χ0) is 56.3. The molecule has 0 saturated carbocycles. The van der Waals surface area contributed by atoms with Crippen molar-refractivity contribution >= 4 is 0 Å². The Balaban J connectivity index is 0.887. The fourth-order valence-electron chi connectivity index (χ4n) is 11.7. The number of hydrogen-bond donors (Lipinski definition) is 1. The minimum Gasteiger partial charge on any atom is -0.374 e. The first-order chi connectivity index (χ1) is 40.1. The van der Waals surface area contributed by atoms with Crippen molar-refractivity contribution in [2.45, 2.75) is 146 Å². The zero-order valence-electron chi connectivity index (χ0n) is 47.2. The fourth-order valence-corrected chi connectivity index (χ4v) is 11.7. The largest absolute Gasteiger partial charge is 0.374 e. The van der Waals surface area contributed by atoms with Gasteiger partial charge in [0.2, 0.25) is 5.79 Å². The van der Waals surface area contributed by atoms with Crippen LogP contribution in [0.3, 0.4) is 0 Å². The Bertz CT molecular complexity index is 2820. The van der Waals surface area contributed by atoms with Gasteiger partial charge >= 0.3 is 0 Å². The lowest BCUT2D eigenvalue weighted by Crippen LogP contribution is -2.64. The molecule has 15 heteroatoms. The van der Waals surface area contributed by atoms with Gasteiger partial charge in [-0.1, -0.05) is 203 Å². The Labute approximate surface area is 481 Å². The lowest BCUT2D eigenvalue weighted by Gasteiger charge is -2.50. The third-order valence-corrected chi connectivity index (χ3v) is 16.4. The van der Waals surface area contributed by atoms with E-state index in [1.54, 1.807) is 0 Å². The molecule has 6 unspecified atom stereocenters. The number of hydrogen-bond acceptors (Lipinski definition) is 15. The van der Waals surface area contributed by atoms with Crippen molar-refractivity contribution in [2.24, 2.45) is 17.8 Å². The van der Waals surface area contributed by atoms with Gasteiger partial charge in [0.15, 0.2) is 30.8 Å². The molecule has 82 heavy (non-hydrogen) atoms. The minimum absolute atomic E-state index is 0.0664. The van der Waals surface area contributed by atoms with Gasteiger partial charge in [-0.15, -0.1) is 0 Å². The first kappa shape index (κ1) is 58.5. The molecule has 0 spiro atoms. The molecule has 1 N–H and O–H groups in total. The van der Waals surface area contributed by atoms with Crippen LogP contribution in [0.5, 0.6) is 0 Å². The Morgan fingerprint density at radius 2 is 0.976 bits per heavy atom. The molecule has 6 aromatic carbocycles. The van der Waals surface area contributed by atoms with Crippen molar-refractivity contribution in [1.29, 1.82) is 0 Å². The molecule has 5 saturated heterocycles. The van der Waals surface area contributed by atoms with Crippen LogP contribution in [0.25, 0.3) is 0 Å². The third kappa shape index (κ3) is 13.8. The monoisotopic (exact) mass is 1120 g/mol. The van der Waals surface area contributed by atoms with Crippen LogP contribution in [-0.4, -0.2) is 117 Å². The van der Waals surface area contributed by atoms with E-state index in [1.807, 2.05) is 196 Å². The smallest absolute Gasteiger partial charge is 0.229 e. The summed E-state index contributed by atoms with van der Waals surface area (Å²) in [5.74, 6) is -2.69. The van der Waals surface area contributed by atoms with Gasteiger partial charge in [0.25, 0.3) is 0 Å². The molecule has 5 heterocycles. The summed E-state index contributed by atoms with van der Waals surface area (Å²) in [7, 11) is 0. The molecular formula is C67H78O15. The van der Waals surface area contributed by atoms with Crippen LogP contribution in [0.4, 0.5) is 0 Å². The van der Waals surface area contributed by atoms with Crippen molar-refractivity contribution < 1.29 is 71.4 Å². The third-order valence-electron chi connectivity index (χ3n) is 16.4. The van der Waals surface area contributed by atoms with E-state index in [0.29, 0.717) is 26.4 Å². The summed E-state index contributed by atoms with van der Waals surface area (Å²) in [6.07, 6.45) is -9.51. The molecule has 0 aromatic heterocycles. The number of fused-ring (bicyclic) bond motifs is 1. The first-order valence-corrected chi connectivity index (χ1v) is 28.9. The second-order valence-corrected chi connectivity index (χ2v) is 22.4. The highest BCUT2D eigenvalue weighted by atomic mass is 16.9. The van der Waals surface area contributed by atoms with E-state index in [9.17, 15) is 5.11 Å². The predicted molar refractivity (Wildman–Crippen MR) is 302 cm³/mol. The van der Waals surface area contributed by atoms with Gasteiger partial charge in [-0.3, -0.25) is 0 Å². The van der Waals surface area contributed by atoms with E-state index < -0.39 is 97.2 Å². The second-order valence-electron chi connectivity index (χ2n) is 22.4. The Morgan fingerprint density at radius 1 is 0.476 bits per heavy atom. The van der Waals surface area contributed by atoms with E-state index in [2.05, 4.69) is 13.8 Å². The number of aliphatic hydroxyl groups is 1. The van der Waals surface area contributed by atoms with Gasteiger partial charge < -0.3 is 71.4 Å². The number of benzene rings is 6. The molecule has 0 amide bonds. The quantitative estimate of drug-likeness (QED) is 0.0612. The fraction of sp³-hybridized carbons (Fsp3) is 0.463. The lowest BCUT2D eigenvalue weighted by molar-refractivity contribution is -0.377. The van der Waals surface area contributed by atoms with E-state index in [4.69, 9.17) is 66.3 Å². The van der Waals surface area contributed by atoms with Crippen LogP contribution in [0, 0.1) is 17.8 Å². The van der Waals surface area contributed by atoms with Crippen molar-refractivity contribution in [3.8, 4) is 0 Å². The van der Waals surface area contributed by atoms with Gasteiger partial charge in [-0.25, -0.2) is 0 Å². The summed E-state index contributed by atoms with van der Waals surface area (Å²) >= 11 is 0. The maximum absolute atomic E-state index is 11.6. The second kappa shape index (κ2) is 27.6. The molecule has 5 fully saturated rings. The molecule has 0 aliphatic carbocycles. The van der Waals surface area contributed by atoms with E-state index in [0.717, 1.165) is 33.4 Å². The summed E-state index contributed by atoms with van der Waals surface area (Å²) in [5, 5.41) is 11.6. The normalized spacial score (nSPS) is 33.7. The van der Waals surface area contributed by atoms with Gasteiger partial charge in [0, 0.05) is 23.3 Å². The summed E-state index contributed by atoms with van der Waals surface area (Å²) in [4.78, 5) is 0. The Kier molecular flexibility index (Phi) is 19.7. The molecule has 5 aliphatic heterocycles. The number of aliphatic hydroxyl groups excluding tert-OH is 1. The molecule has 15 nitrogen and oxygen atoms in total. The molecule has 11 rings (SSSR count). The van der Waals surface area contributed by atoms with Gasteiger partial charge in [0.05, 0.1) is 83.9 Å². The Hall–Kier alpha value is -5.28. The van der Waals surface area contributed by atoms with Gasteiger partial charge in [0.1, 0.15) is 31.0 Å². The van der Waals surface area contributed by atoms with E-state index in [-0.39, 0.29) is 45.6 Å². The average Bonchev–Trinajstić information content (AvgIpc) is 4.20. The maximum atomic E-state index is 11.6. The molecule has 0 radical (unpaired) electrons. The summed E-state index contributed by atoms with van der Waals surface area (Å²) in [6, 6.07) is 60.0. The molecule has 436 valence electrons. The summed E-state index contributed by atoms with van der Waals surface area (Å²) in [5.41, 5.74) is 4.68. The first-order valence-electron chi connectivity index (χ1n) is 28.9. The van der Waals surface area contributed by atoms with Crippen molar-refractivity contribution in [3.63, 3.8) is 0 Å². The summed E-state index contributed by atoms with van der Waals surface area (Å²) < 4.78 is 96.2. The topological polar surface area (TPSA) is 149 Å². The molecule has 0 bridgehead atoms. The van der Waals surface area contributed by atoms with Crippen molar-refractivity contribution in [3.05, 3.63) is 215 Å². The Morgan fingerprint density at radius 3 is 1.55 bits per heavy atom.